The Hall–Kier alpha value is -2.21. The van der Waals surface area contributed by atoms with Gasteiger partial charge in [0, 0.05) is 24.8 Å². The maximum atomic E-state index is 11.9. The Labute approximate surface area is 131 Å². The maximum absolute atomic E-state index is 11.9. The standard InChI is InChI=1S/C16H16N4OS/c1-11-7-14(21)20-15(17-11)22-16(18-20)19-9-13(10-19)8-12-5-3-2-4-6-12/h2-7,13H,8-10H2,1H3. The second-order valence-corrected chi connectivity index (χ2v) is 6.71. The maximum Gasteiger partial charge on any atom is 0.275 e. The van der Waals surface area contributed by atoms with Gasteiger partial charge < -0.3 is 4.90 Å². The normalized spacial score (nSPS) is 15.2. The first-order chi connectivity index (χ1) is 10.7. The van der Waals surface area contributed by atoms with Crippen LogP contribution < -0.4 is 10.5 Å². The van der Waals surface area contributed by atoms with Crippen molar-refractivity contribution in [1.29, 1.82) is 0 Å². The number of benzene rings is 1. The summed E-state index contributed by atoms with van der Waals surface area (Å²) in [5.41, 5.74) is 2.02. The summed E-state index contributed by atoms with van der Waals surface area (Å²) in [5.74, 6) is 0.654. The molecule has 0 atom stereocenters. The predicted molar refractivity (Wildman–Crippen MR) is 87.7 cm³/mol. The average molecular weight is 312 g/mol. The van der Waals surface area contributed by atoms with E-state index in [9.17, 15) is 4.79 Å². The number of hydrogen-bond donors (Lipinski definition) is 0. The fraction of sp³-hybridized carbons (Fsp3) is 0.312. The Morgan fingerprint density at radius 2 is 2.05 bits per heavy atom. The fourth-order valence-corrected chi connectivity index (χ4v) is 3.81. The van der Waals surface area contributed by atoms with Gasteiger partial charge in [-0.3, -0.25) is 4.79 Å². The van der Waals surface area contributed by atoms with Crippen LogP contribution in [-0.2, 0) is 6.42 Å². The van der Waals surface area contributed by atoms with Crippen molar-refractivity contribution in [3.8, 4) is 0 Å². The van der Waals surface area contributed by atoms with E-state index in [1.165, 1.54) is 27.5 Å². The molecule has 0 bridgehead atoms. The van der Waals surface area contributed by atoms with E-state index < -0.39 is 0 Å². The summed E-state index contributed by atoms with van der Waals surface area (Å²) >= 11 is 1.48. The van der Waals surface area contributed by atoms with Crippen molar-refractivity contribution in [3.63, 3.8) is 0 Å². The molecule has 0 unspecified atom stereocenters. The summed E-state index contributed by atoms with van der Waals surface area (Å²) in [6.45, 7) is 3.81. The molecule has 1 saturated heterocycles. The van der Waals surface area contributed by atoms with Gasteiger partial charge in [0.05, 0.1) is 0 Å². The minimum Gasteiger partial charge on any atom is -0.346 e. The Kier molecular flexibility index (Phi) is 3.18. The monoisotopic (exact) mass is 312 g/mol. The molecule has 3 aromatic rings. The molecule has 4 rings (SSSR count). The van der Waals surface area contributed by atoms with Gasteiger partial charge in [0.25, 0.3) is 5.56 Å². The topological polar surface area (TPSA) is 50.5 Å². The van der Waals surface area contributed by atoms with E-state index in [1.54, 1.807) is 0 Å². The number of rotatable bonds is 3. The molecular formula is C16H16N4OS. The molecule has 0 N–H and O–H groups in total. The van der Waals surface area contributed by atoms with E-state index in [0.717, 1.165) is 30.3 Å². The van der Waals surface area contributed by atoms with Gasteiger partial charge in [-0.1, -0.05) is 41.7 Å². The van der Waals surface area contributed by atoms with Crippen LogP contribution in [0, 0.1) is 12.8 Å². The van der Waals surface area contributed by atoms with E-state index in [0.29, 0.717) is 10.9 Å². The SMILES string of the molecule is Cc1cc(=O)n2nc(N3CC(Cc4ccccc4)C3)sc2n1. The zero-order chi connectivity index (χ0) is 15.1. The first-order valence-corrected chi connectivity index (χ1v) is 8.17. The third kappa shape index (κ3) is 2.39. The molecule has 0 aliphatic carbocycles. The van der Waals surface area contributed by atoms with Crippen molar-refractivity contribution in [2.24, 2.45) is 5.92 Å². The molecule has 1 aliphatic heterocycles. The second kappa shape index (κ2) is 5.21. The molecule has 0 saturated carbocycles. The van der Waals surface area contributed by atoms with Crippen LogP contribution in [0.15, 0.2) is 41.2 Å². The number of anilines is 1. The summed E-state index contributed by atoms with van der Waals surface area (Å²) in [6.07, 6.45) is 1.10. The zero-order valence-corrected chi connectivity index (χ0v) is 13.1. The molecular weight excluding hydrogens is 296 g/mol. The number of hydrogen-bond acceptors (Lipinski definition) is 5. The minimum absolute atomic E-state index is 0.105. The summed E-state index contributed by atoms with van der Waals surface area (Å²) in [4.78, 5) is 19.2. The van der Waals surface area contributed by atoms with Crippen molar-refractivity contribution in [3.05, 3.63) is 58.0 Å². The summed E-state index contributed by atoms with van der Waals surface area (Å²) in [7, 11) is 0. The van der Waals surface area contributed by atoms with E-state index in [4.69, 9.17) is 0 Å². The first-order valence-electron chi connectivity index (χ1n) is 7.35. The largest absolute Gasteiger partial charge is 0.346 e. The van der Waals surface area contributed by atoms with E-state index in [2.05, 4.69) is 39.2 Å². The van der Waals surface area contributed by atoms with Crippen LogP contribution in [0.4, 0.5) is 5.13 Å². The molecule has 22 heavy (non-hydrogen) atoms. The van der Waals surface area contributed by atoms with Gasteiger partial charge in [0.2, 0.25) is 10.1 Å². The smallest absolute Gasteiger partial charge is 0.275 e. The highest BCUT2D eigenvalue weighted by Crippen LogP contribution is 2.29. The number of aromatic nitrogens is 3. The molecule has 1 aromatic carbocycles. The third-order valence-electron chi connectivity index (χ3n) is 3.96. The lowest BCUT2D eigenvalue weighted by Crippen LogP contribution is -2.47. The van der Waals surface area contributed by atoms with E-state index in [-0.39, 0.29) is 5.56 Å². The van der Waals surface area contributed by atoms with Crippen molar-refractivity contribution >= 4 is 21.4 Å². The molecule has 0 amide bonds. The van der Waals surface area contributed by atoms with Gasteiger partial charge in [-0.05, 0) is 24.8 Å². The van der Waals surface area contributed by atoms with Gasteiger partial charge in [-0.25, -0.2) is 4.98 Å². The van der Waals surface area contributed by atoms with Gasteiger partial charge in [0.15, 0.2) is 0 Å². The molecule has 1 aliphatic rings. The highest BCUT2D eigenvalue weighted by molar-refractivity contribution is 7.20. The third-order valence-corrected chi connectivity index (χ3v) is 4.93. The van der Waals surface area contributed by atoms with Crippen molar-refractivity contribution in [2.75, 3.05) is 18.0 Å². The van der Waals surface area contributed by atoms with Crippen molar-refractivity contribution < 1.29 is 0 Å². The fourth-order valence-electron chi connectivity index (χ4n) is 2.84. The second-order valence-electron chi connectivity index (χ2n) is 5.78. The Bertz CT molecular complexity index is 865. The van der Waals surface area contributed by atoms with Crippen molar-refractivity contribution in [1.82, 2.24) is 14.6 Å². The summed E-state index contributed by atoms with van der Waals surface area (Å²) in [6, 6.07) is 12.1. The highest BCUT2D eigenvalue weighted by Gasteiger charge is 2.29. The van der Waals surface area contributed by atoms with Gasteiger partial charge in [-0.15, -0.1) is 5.10 Å². The van der Waals surface area contributed by atoms with E-state index >= 15 is 0 Å². The molecule has 3 heterocycles. The lowest BCUT2D eigenvalue weighted by molar-refractivity contribution is 0.406. The molecule has 5 nitrogen and oxygen atoms in total. The number of nitrogens with zero attached hydrogens (tertiary/aromatic N) is 4. The molecule has 6 heteroatoms. The zero-order valence-electron chi connectivity index (χ0n) is 12.3. The highest BCUT2D eigenvalue weighted by atomic mass is 32.1. The lowest BCUT2D eigenvalue weighted by Gasteiger charge is -2.39. The van der Waals surface area contributed by atoms with Crippen LogP contribution in [0.2, 0.25) is 0 Å². The Morgan fingerprint density at radius 1 is 1.27 bits per heavy atom. The predicted octanol–water partition coefficient (Wildman–Crippen LogP) is 2.14. The van der Waals surface area contributed by atoms with Crippen LogP contribution in [0.25, 0.3) is 4.96 Å². The average Bonchev–Trinajstić information content (AvgIpc) is 2.87. The van der Waals surface area contributed by atoms with Gasteiger partial charge >= 0.3 is 0 Å². The first kappa shape index (κ1) is 13.5. The molecule has 0 radical (unpaired) electrons. The number of aryl methyl sites for hydroxylation is 1. The van der Waals surface area contributed by atoms with Crippen LogP contribution in [-0.4, -0.2) is 27.7 Å². The van der Waals surface area contributed by atoms with Crippen LogP contribution in [0.1, 0.15) is 11.3 Å². The van der Waals surface area contributed by atoms with Crippen LogP contribution >= 0.6 is 11.3 Å². The Morgan fingerprint density at radius 3 is 2.82 bits per heavy atom. The Balaban J connectivity index is 1.49. The molecule has 0 spiro atoms. The summed E-state index contributed by atoms with van der Waals surface area (Å²) < 4.78 is 1.40. The molecule has 112 valence electrons. The van der Waals surface area contributed by atoms with Crippen LogP contribution in [0.5, 0.6) is 0 Å². The quantitative estimate of drug-likeness (QED) is 0.743. The van der Waals surface area contributed by atoms with Crippen molar-refractivity contribution in [2.45, 2.75) is 13.3 Å². The van der Waals surface area contributed by atoms with Gasteiger partial charge in [0.1, 0.15) is 0 Å². The van der Waals surface area contributed by atoms with E-state index in [1.807, 2.05) is 13.0 Å². The summed E-state index contributed by atoms with van der Waals surface area (Å²) in [5, 5.41) is 5.29. The molecule has 1 fully saturated rings. The lowest BCUT2D eigenvalue weighted by atomic mass is 9.93. The minimum atomic E-state index is -0.105. The molecule has 2 aromatic heterocycles. The van der Waals surface area contributed by atoms with Crippen LogP contribution in [0.3, 0.4) is 0 Å². The number of fused-ring (bicyclic) bond motifs is 1. The van der Waals surface area contributed by atoms with Gasteiger partial charge in [-0.2, -0.15) is 4.52 Å².